The first-order chi connectivity index (χ1) is 35.1. The number of urea groups is 2. The summed E-state index contributed by atoms with van der Waals surface area (Å²) in [7, 11) is 0. The van der Waals surface area contributed by atoms with Crippen LogP contribution in [0.1, 0.15) is 73.2 Å². The Kier molecular flexibility index (Phi) is 15.5. The monoisotopic (exact) mass is 1020 g/mol. The molecule has 4 aromatic carbocycles. The van der Waals surface area contributed by atoms with E-state index in [0.717, 1.165) is 56.0 Å². The summed E-state index contributed by atoms with van der Waals surface area (Å²) in [5.74, 6) is -3.25. The van der Waals surface area contributed by atoms with E-state index in [2.05, 4.69) is 0 Å². The van der Waals surface area contributed by atoms with Crippen molar-refractivity contribution in [1.29, 1.82) is 10.5 Å². The molecule has 6 amide bonds. The van der Waals surface area contributed by atoms with Crippen molar-refractivity contribution in [2.45, 2.75) is 52.1 Å². The van der Waals surface area contributed by atoms with Gasteiger partial charge in [0.15, 0.2) is 0 Å². The van der Waals surface area contributed by atoms with Gasteiger partial charge in [-0.2, -0.15) is 36.9 Å². The Morgan fingerprint density at radius 2 is 0.905 bits per heavy atom. The van der Waals surface area contributed by atoms with Gasteiger partial charge in [0.25, 0.3) is 0 Å². The smallest absolute Gasteiger partial charge is 0.416 e. The van der Waals surface area contributed by atoms with Crippen molar-refractivity contribution in [3.8, 4) is 12.1 Å². The number of esters is 2. The van der Waals surface area contributed by atoms with Crippen molar-refractivity contribution in [2.75, 3.05) is 62.3 Å². The van der Waals surface area contributed by atoms with E-state index >= 15 is 0 Å². The molecule has 384 valence electrons. The molecule has 0 radical (unpaired) electrons. The summed E-state index contributed by atoms with van der Waals surface area (Å²) in [6, 6.07) is 18.6. The van der Waals surface area contributed by atoms with Gasteiger partial charge in [0.1, 0.15) is 13.1 Å². The molecule has 3 aliphatic rings. The lowest BCUT2D eigenvalue weighted by Crippen LogP contribution is -2.58. The molecule has 0 unspecified atom stereocenters. The first kappa shape index (κ1) is 53.1. The molecule has 16 nitrogen and oxygen atoms in total. The van der Waals surface area contributed by atoms with Crippen LogP contribution in [-0.4, -0.2) is 108 Å². The molecule has 0 bridgehead atoms. The van der Waals surface area contributed by atoms with Crippen molar-refractivity contribution in [1.82, 2.24) is 19.6 Å². The second-order valence-corrected chi connectivity index (χ2v) is 17.1. The van der Waals surface area contributed by atoms with Crippen molar-refractivity contribution < 1.29 is 64.6 Å². The van der Waals surface area contributed by atoms with Crippen molar-refractivity contribution in [3.05, 3.63) is 153 Å². The first-order valence-corrected chi connectivity index (χ1v) is 23.0. The molecule has 0 saturated carbocycles. The average Bonchev–Trinajstić information content (AvgIpc) is 3.37. The Balaban J connectivity index is 1.19. The zero-order valence-corrected chi connectivity index (χ0v) is 40.2. The topological polar surface area (TPSA) is 188 Å². The molecule has 0 aromatic heterocycles. The van der Waals surface area contributed by atoms with E-state index in [-0.39, 0.29) is 95.6 Å². The van der Waals surface area contributed by atoms with Gasteiger partial charge in [-0.1, -0.05) is 36.4 Å². The van der Waals surface area contributed by atoms with Gasteiger partial charge >= 0.3 is 36.4 Å². The normalized spacial score (nSPS) is 17.6. The number of amides is 6. The van der Waals surface area contributed by atoms with Crippen LogP contribution in [0.15, 0.2) is 120 Å². The summed E-state index contributed by atoms with van der Waals surface area (Å²) in [6.45, 7) is 3.42. The van der Waals surface area contributed by atoms with Crippen LogP contribution in [0.5, 0.6) is 0 Å². The fourth-order valence-corrected chi connectivity index (χ4v) is 9.09. The maximum absolute atomic E-state index is 14.7. The molecule has 4 aromatic rings. The van der Waals surface area contributed by atoms with Gasteiger partial charge in [0.2, 0.25) is 11.8 Å². The zero-order valence-electron chi connectivity index (χ0n) is 40.2. The Labute approximate surface area is 420 Å². The minimum atomic E-state index is -4.81. The second kappa shape index (κ2) is 21.6. The number of rotatable bonds is 12. The van der Waals surface area contributed by atoms with E-state index in [4.69, 9.17) is 9.47 Å². The quantitative estimate of drug-likeness (QED) is 0.0984. The van der Waals surface area contributed by atoms with Gasteiger partial charge in [-0.15, -0.1) is 0 Å². The van der Waals surface area contributed by atoms with Crippen LogP contribution < -0.4 is 9.80 Å². The first-order valence-electron chi connectivity index (χ1n) is 23.0. The highest BCUT2D eigenvalue weighted by atomic mass is 19.4. The largest absolute Gasteiger partial charge is 0.463 e. The molecule has 0 aliphatic carbocycles. The number of halogens is 6. The minimum Gasteiger partial charge on any atom is -0.463 e. The molecule has 0 spiro atoms. The van der Waals surface area contributed by atoms with Gasteiger partial charge in [0.05, 0.1) is 82.2 Å². The highest BCUT2D eigenvalue weighted by Gasteiger charge is 2.47. The number of carbonyl (C=O) groups excluding carboxylic acids is 6. The Bertz CT molecular complexity index is 2820. The number of benzene rings is 4. The minimum absolute atomic E-state index is 0.0791. The van der Waals surface area contributed by atoms with Crippen LogP contribution in [0, 0.1) is 22.7 Å². The van der Waals surface area contributed by atoms with E-state index in [1.807, 2.05) is 12.1 Å². The number of nitrogens with zero attached hydrogens (tertiary/aromatic N) is 8. The predicted octanol–water partition coefficient (Wildman–Crippen LogP) is 8.48. The van der Waals surface area contributed by atoms with E-state index < -0.39 is 84.5 Å². The van der Waals surface area contributed by atoms with Crippen molar-refractivity contribution in [2.24, 2.45) is 0 Å². The van der Waals surface area contributed by atoms with Crippen LogP contribution in [0.4, 0.5) is 47.3 Å². The summed E-state index contributed by atoms with van der Waals surface area (Å²) in [6.07, 6.45) is -9.63. The molecule has 74 heavy (non-hydrogen) atoms. The number of hydrogen-bond acceptors (Lipinski definition) is 10. The summed E-state index contributed by atoms with van der Waals surface area (Å²) in [5, 5.41) is 19.0. The number of anilines is 2. The van der Waals surface area contributed by atoms with Gasteiger partial charge in [-0.25, -0.2) is 19.2 Å². The molecule has 3 aliphatic heterocycles. The highest BCUT2D eigenvalue weighted by molar-refractivity contribution is 6.06. The molecule has 1 fully saturated rings. The maximum Gasteiger partial charge on any atom is 0.416 e. The highest BCUT2D eigenvalue weighted by Crippen LogP contribution is 2.44. The van der Waals surface area contributed by atoms with Crippen LogP contribution in [-0.2, 0) is 41.0 Å². The summed E-state index contributed by atoms with van der Waals surface area (Å²) in [4.78, 5) is 92.5. The molecular formula is C52H46F6N8O8. The SMILES string of the molecule is CCOC(=O)C1=C(C)N(c2cccc(C(F)(F)F)c2)C(=O)N(CC(=O)N2CCN(C(=O)CN3C(=O)N(c4cccc(C(F)(F)F)c4)C(C)=C(C(=O)OCC)[C@H]3c3ccc(C#N)cc3)CC2)[C@@H]1c1ccc(C#N)cc1. The van der Waals surface area contributed by atoms with Crippen LogP contribution in [0.25, 0.3) is 0 Å². The van der Waals surface area contributed by atoms with E-state index in [9.17, 15) is 65.6 Å². The van der Waals surface area contributed by atoms with Crippen molar-refractivity contribution >= 4 is 47.2 Å². The molecule has 2 atom stereocenters. The number of hydrogen-bond donors (Lipinski definition) is 0. The average molecular weight is 1020 g/mol. The van der Waals surface area contributed by atoms with Crippen molar-refractivity contribution in [3.63, 3.8) is 0 Å². The lowest BCUT2D eigenvalue weighted by molar-refractivity contribution is -0.142. The number of allylic oxidation sites excluding steroid dienone is 2. The molecular weight excluding hydrogens is 979 g/mol. The summed E-state index contributed by atoms with van der Waals surface area (Å²) < 4.78 is 94.7. The Morgan fingerprint density at radius 1 is 0.568 bits per heavy atom. The zero-order chi connectivity index (χ0) is 53.8. The van der Waals surface area contributed by atoms with Gasteiger partial charge in [-0.05, 0) is 99.5 Å². The molecule has 22 heteroatoms. The standard InChI is InChI=1S/C52H46F6N8O8/c1-5-73-47(69)43-31(3)65(39-11-7-9-37(25-39)51(53,54)55)49(71)63(45(43)35-17-13-33(27-59)14-18-35)29-41(67)61-21-23-62(24-22-61)42(68)30-64-46(36-19-15-34(28-60)16-20-36)44(48(70)74-6-2)32(4)66(50(64)72)40-12-8-10-38(26-40)52(56,57)58/h7-20,25-26,45-46H,5-6,21-24,29-30H2,1-4H3/t45-,46-/m1/s1. The second-order valence-electron chi connectivity index (χ2n) is 17.1. The van der Waals surface area contributed by atoms with E-state index in [1.165, 1.54) is 98.2 Å². The van der Waals surface area contributed by atoms with Crippen LogP contribution in [0.2, 0.25) is 0 Å². The fraction of sp³-hybridized carbons (Fsp3) is 0.308. The fourth-order valence-electron chi connectivity index (χ4n) is 9.09. The van der Waals surface area contributed by atoms with Crippen LogP contribution >= 0.6 is 0 Å². The van der Waals surface area contributed by atoms with E-state index in [1.54, 1.807) is 0 Å². The molecule has 0 N–H and O–H groups in total. The number of piperazine rings is 1. The van der Waals surface area contributed by atoms with E-state index in [0.29, 0.717) is 0 Å². The summed E-state index contributed by atoms with van der Waals surface area (Å²) in [5.41, 5.74) is -2.24. The Morgan fingerprint density at radius 3 is 1.20 bits per heavy atom. The van der Waals surface area contributed by atoms with Crippen LogP contribution in [0.3, 0.4) is 0 Å². The molecule has 7 rings (SSSR count). The summed E-state index contributed by atoms with van der Waals surface area (Å²) >= 11 is 0. The molecule has 3 heterocycles. The lowest BCUT2D eigenvalue weighted by atomic mass is 9.92. The maximum atomic E-state index is 14.7. The van der Waals surface area contributed by atoms with Gasteiger partial charge < -0.3 is 29.1 Å². The number of carbonyl (C=O) groups is 6. The van der Waals surface area contributed by atoms with Gasteiger partial charge in [-0.3, -0.25) is 19.4 Å². The lowest BCUT2D eigenvalue weighted by Gasteiger charge is -2.44. The number of ether oxygens (including phenoxy) is 2. The third-order valence-electron chi connectivity index (χ3n) is 12.7. The third kappa shape index (κ3) is 10.7. The third-order valence-corrected chi connectivity index (χ3v) is 12.7. The Hall–Kier alpha value is -8.66. The number of alkyl halides is 6. The van der Waals surface area contributed by atoms with Gasteiger partial charge in [0, 0.05) is 37.6 Å². The number of nitriles is 2. The molecule has 1 saturated heterocycles. The predicted molar refractivity (Wildman–Crippen MR) is 252 cm³/mol.